The predicted octanol–water partition coefficient (Wildman–Crippen LogP) is 3.09. The van der Waals surface area contributed by atoms with Gasteiger partial charge >= 0.3 is 38.5 Å². The minimum absolute atomic E-state index is 0. The first-order valence-electron chi connectivity index (χ1n) is 12.5. The Morgan fingerprint density at radius 3 is 1.21 bits per heavy atom. The van der Waals surface area contributed by atoms with Crippen LogP contribution in [0.5, 0.6) is 0 Å². The fourth-order valence-electron chi connectivity index (χ4n) is 4.37. The molecule has 0 radical (unpaired) electrons. The van der Waals surface area contributed by atoms with Gasteiger partial charge in [-0.2, -0.15) is 0 Å². The molecule has 6 aromatic rings. The molecule has 0 unspecified atom stereocenters. The maximum absolute atomic E-state index is 2.27. The quantitative estimate of drug-likeness (QED) is 0.220. The molecule has 192 valence electrons. The second-order valence-electron chi connectivity index (χ2n) is 9.22. The van der Waals surface area contributed by atoms with Crippen molar-refractivity contribution >= 4 is 27.7 Å². The van der Waals surface area contributed by atoms with Crippen molar-refractivity contribution in [2.45, 2.75) is 25.9 Å². The third-order valence-electron chi connectivity index (χ3n) is 6.02. The third kappa shape index (κ3) is 9.42. The summed E-state index contributed by atoms with van der Waals surface area (Å²) in [6, 6.07) is 47.3. The molecule has 0 saturated carbocycles. The van der Waals surface area contributed by atoms with Crippen LogP contribution in [-0.2, 0) is 32.0 Å². The van der Waals surface area contributed by atoms with Gasteiger partial charge in [0.05, 0.1) is 0 Å². The Bertz CT molecular complexity index is 1400. The van der Waals surface area contributed by atoms with E-state index in [4.69, 9.17) is 0 Å². The first kappa shape index (κ1) is 31.8. The molecule has 0 atom stereocenters. The van der Waals surface area contributed by atoms with Gasteiger partial charge in [-0.15, -0.1) is 93.3 Å². The number of hydrogen-bond acceptors (Lipinski definition) is 0. The monoisotopic (exact) mass is 586 g/mol. The van der Waals surface area contributed by atoms with Crippen LogP contribution in [0.3, 0.4) is 0 Å². The largest absolute Gasteiger partial charge is 1.00 e. The molecule has 0 bridgehead atoms. The molecule has 4 heteroatoms. The van der Waals surface area contributed by atoms with E-state index < -0.39 is 0 Å². The Kier molecular flexibility index (Phi) is 13.9. The van der Waals surface area contributed by atoms with Gasteiger partial charge in [0.25, 0.3) is 0 Å². The van der Waals surface area contributed by atoms with Gasteiger partial charge in [0.2, 0.25) is 0 Å². The van der Waals surface area contributed by atoms with Gasteiger partial charge in [0.1, 0.15) is 0 Å². The van der Waals surface area contributed by atoms with Crippen LogP contribution in [0.4, 0.5) is 0 Å². The normalized spacial score (nSPS) is 9.79. The molecule has 0 amide bonds. The Morgan fingerprint density at radius 2 is 0.842 bits per heavy atom. The maximum atomic E-state index is 2.27. The molecule has 0 N–H and O–H groups in total. The SMILES string of the molecule is C[Si](C)=[Ti+2].[Cl-].[Cl-].c1ccc(Cc2c[cH-]c3ccccc23)cc1.c1ccc(Cc2c[cH-]c3ccccc23)cc1. The molecule has 0 fully saturated rings. The van der Waals surface area contributed by atoms with E-state index in [0.717, 1.165) is 12.8 Å². The van der Waals surface area contributed by atoms with Gasteiger partial charge in [-0.3, -0.25) is 0 Å². The predicted molar refractivity (Wildman–Crippen MR) is 155 cm³/mol. The van der Waals surface area contributed by atoms with Crippen molar-refractivity contribution in [1.82, 2.24) is 0 Å². The van der Waals surface area contributed by atoms with E-state index in [0.29, 0.717) is 0 Å². The standard InChI is InChI=1S/2C16H13.C2H6Si.2ClH.Ti/c2*1-2-6-13(7-3-1)12-15-11-10-14-8-4-5-9-16(14)15;1-3-2;;;/h2*1-11H,12H2;1-2H3;2*1H;/q2*-1;;;;+2/p-2. The number of rotatable bonds is 4. The van der Waals surface area contributed by atoms with Gasteiger partial charge in [0.15, 0.2) is 0 Å². The Labute approximate surface area is 251 Å². The summed E-state index contributed by atoms with van der Waals surface area (Å²) < 4.78 is 0. The van der Waals surface area contributed by atoms with Crippen molar-refractivity contribution in [2.75, 3.05) is 0 Å². The molecule has 0 aliphatic carbocycles. The molecule has 0 aliphatic rings. The maximum Gasteiger partial charge on any atom is -0.0442 e. The molecule has 6 aromatic carbocycles. The first-order chi connectivity index (χ1) is 17.6. The van der Waals surface area contributed by atoms with E-state index in [1.807, 2.05) is 0 Å². The molecule has 0 aliphatic heterocycles. The zero-order valence-corrected chi connectivity index (χ0v) is 25.9. The van der Waals surface area contributed by atoms with Crippen molar-refractivity contribution < 1.29 is 44.0 Å². The van der Waals surface area contributed by atoms with Crippen LogP contribution >= 0.6 is 0 Å². The Hall–Kier alpha value is -2.39. The zero-order chi connectivity index (χ0) is 25.2. The summed E-state index contributed by atoms with van der Waals surface area (Å²) in [5.74, 6) is 0. The molecule has 0 nitrogen and oxygen atoms in total. The van der Waals surface area contributed by atoms with E-state index in [-0.39, 0.29) is 31.0 Å². The summed E-state index contributed by atoms with van der Waals surface area (Å²) in [6.45, 7) is 4.54. The van der Waals surface area contributed by atoms with E-state index in [1.165, 1.54) is 43.8 Å². The summed E-state index contributed by atoms with van der Waals surface area (Å²) in [5, 5.41) is 5.44. The van der Waals surface area contributed by atoms with E-state index in [2.05, 4.69) is 166 Å². The minimum atomic E-state index is 0. The van der Waals surface area contributed by atoms with Crippen molar-refractivity contribution in [3.8, 4) is 0 Å². The molecule has 6 rings (SSSR count). The van der Waals surface area contributed by atoms with Crippen LogP contribution in [0, 0.1) is 0 Å². The van der Waals surface area contributed by atoms with Gasteiger partial charge in [0, 0.05) is 0 Å². The Balaban J connectivity index is 0.000000224. The summed E-state index contributed by atoms with van der Waals surface area (Å²) in [6.07, 6.45) is 2.16. The summed E-state index contributed by atoms with van der Waals surface area (Å²) in [7, 11) is 0. The fraction of sp³-hybridized carbons (Fsp3) is 0.118. The van der Waals surface area contributed by atoms with Crippen LogP contribution in [0.25, 0.3) is 21.5 Å². The van der Waals surface area contributed by atoms with Crippen LogP contribution in [-0.4, -0.2) is 6.19 Å². The third-order valence-corrected chi connectivity index (χ3v) is 6.02. The van der Waals surface area contributed by atoms with Gasteiger partial charge in [-0.05, 0) is 12.8 Å². The number of fused-ring (bicyclic) bond motifs is 2. The molecular formula is C34H32Cl2SiTi-2. The van der Waals surface area contributed by atoms with Crippen molar-refractivity contribution in [1.29, 1.82) is 0 Å². The van der Waals surface area contributed by atoms with Gasteiger partial charge < -0.3 is 24.8 Å². The first-order valence-corrected chi connectivity index (χ1v) is 17.3. The molecular weight excluding hydrogens is 555 g/mol. The minimum Gasteiger partial charge on any atom is -1.00 e. The van der Waals surface area contributed by atoms with E-state index in [9.17, 15) is 0 Å². The zero-order valence-electron chi connectivity index (χ0n) is 21.9. The average Bonchev–Trinajstić information content (AvgIpc) is 3.50. The summed E-state index contributed by atoms with van der Waals surface area (Å²) in [4.78, 5) is 0. The van der Waals surface area contributed by atoms with Gasteiger partial charge in [-0.1, -0.05) is 83.9 Å². The second-order valence-corrected chi connectivity index (χ2v) is 15.9. The van der Waals surface area contributed by atoms with Crippen LogP contribution in [0.15, 0.2) is 133 Å². The number of benzene rings is 4. The van der Waals surface area contributed by atoms with Crippen molar-refractivity contribution in [3.05, 3.63) is 156 Å². The topological polar surface area (TPSA) is 0 Å². The van der Waals surface area contributed by atoms with Crippen LogP contribution < -0.4 is 24.8 Å². The average molecular weight is 587 g/mol. The smallest absolute Gasteiger partial charge is 0.0442 e. The van der Waals surface area contributed by atoms with Crippen LogP contribution in [0.2, 0.25) is 13.1 Å². The molecule has 0 heterocycles. The molecule has 0 aromatic heterocycles. The molecule has 0 saturated heterocycles. The van der Waals surface area contributed by atoms with E-state index >= 15 is 0 Å². The van der Waals surface area contributed by atoms with Crippen LogP contribution in [0.1, 0.15) is 22.3 Å². The number of hydrogen-bond donors (Lipinski definition) is 0. The number of halogens is 2. The Morgan fingerprint density at radius 1 is 0.526 bits per heavy atom. The van der Waals surface area contributed by atoms with E-state index in [1.54, 1.807) is 0 Å². The molecule has 0 spiro atoms. The van der Waals surface area contributed by atoms with Gasteiger partial charge in [-0.25, -0.2) is 0 Å². The molecule has 38 heavy (non-hydrogen) atoms. The van der Waals surface area contributed by atoms with Crippen molar-refractivity contribution in [3.63, 3.8) is 0 Å². The fourth-order valence-corrected chi connectivity index (χ4v) is 4.37. The summed E-state index contributed by atoms with van der Waals surface area (Å²) >= 11 is 2.27. The second kappa shape index (κ2) is 16.5. The van der Waals surface area contributed by atoms with Crippen molar-refractivity contribution in [2.24, 2.45) is 0 Å². The summed E-state index contributed by atoms with van der Waals surface area (Å²) in [5.41, 5.74) is 5.58.